The first kappa shape index (κ1) is 16.9. The van der Waals surface area contributed by atoms with Gasteiger partial charge in [0.1, 0.15) is 0 Å². The molecule has 2 N–H and O–H groups in total. The maximum absolute atomic E-state index is 10.6. The average molecular weight is 268 g/mol. The van der Waals surface area contributed by atoms with Crippen LogP contribution in [0, 0.1) is 0 Å². The fraction of sp³-hybridized carbons (Fsp3) is 0.727. The minimum atomic E-state index is -5.08. The number of allylic oxidation sites excluding steroid dienone is 1. The molecule has 106 valence electrons. The predicted molar refractivity (Wildman–Crippen MR) is 62.4 cm³/mol. The minimum Gasteiger partial charge on any atom is -0.475 e. The van der Waals surface area contributed by atoms with Gasteiger partial charge in [0.05, 0.1) is 0 Å². The number of carboxylic acids is 1. The van der Waals surface area contributed by atoms with Crippen molar-refractivity contribution in [3.05, 3.63) is 12.2 Å². The molecule has 0 bridgehead atoms. The van der Waals surface area contributed by atoms with Crippen molar-refractivity contribution in [3.8, 4) is 0 Å². The van der Waals surface area contributed by atoms with Gasteiger partial charge in [0, 0.05) is 32.2 Å². The van der Waals surface area contributed by atoms with Gasteiger partial charge in [0.25, 0.3) is 0 Å². The summed E-state index contributed by atoms with van der Waals surface area (Å²) in [6.45, 7) is 8.92. The van der Waals surface area contributed by atoms with E-state index in [2.05, 4.69) is 36.2 Å². The van der Waals surface area contributed by atoms with Crippen molar-refractivity contribution >= 4 is 5.97 Å². The summed E-state index contributed by atoms with van der Waals surface area (Å²) in [6.07, 6.45) is -0.740. The molecule has 0 spiro atoms. The van der Waals surface area contributed by atoms with Crippen molar-refractivity contribution in [1.82, 2.24) is 10.2 Å². The monoisotopic (exact) mass is 268 g/mol. The van der Waals surface area contributed by atoms with Crippen LogP contribution in [0.5, 0.6) is 0 Å². The molecule has 0 aromatic heterocycles. The van der Waals surface area contributed by atoms with Gasteiger partial charge in [0.15, 0.2) is 0 Å². The van der Waals surface area contributed by atoms with Crippen LogP contribution in [-0.4, -0.2) is 54.4 Å². The molecule has 0 aromatic rings. The van der Waals surface area contributed by atoms with E-state index in [4.69, 9.17) is 9.90 Å². The molecule has 7 heteroatoms. The highest BCUT2D eigenvalue weighted by Crippen LogP contribution is 2.13. The highest BCUT2D eigenvalue weighted by Gasteiger charge is 2.38. The zero-order valence-corrected chi connectivity index (χ0v) is 10.5. The fourth-order valence-corrected chi connectivity index (χ4v) is 1.40. The number of nitrogens with one attached hydrogen (secondary N) is 1. The van der Waals surface area contributed by atoms with Gasteiger partial charge in [-0.2, -0.15) is 13.2 Å². The number of nitrogens with zero attached hydrogens (tertiary/aromatic N) is 1. The second-order valence-corrected chi connectivity index (χ2v) is 3.92. The van der Waals surface area contributed by atoms with Gasteiger partial charge >= 0.3 is 12.1 Å². The van der Waals surface area contributed by atoms with Gasteiger partial charge in [-0.25, -0.2) is 4.79 Å². The zero-order chi connectivity index (χ0) is 14.2. The van der Waals surface area contributed by atoms with Crippen LogP contribution in [0.15, 0.2) is 12.2 Å². The third-order valence-electron chi connectivity index (χ3n) is 2.46. The molecule has 1 atom stereocenters. The summed E-state index contributed by atoms with van der Waals surface area (Å²) in [4.78, 5) is 11.4. The zero-order valence-electron chi connectivity index (χ0n) is 10.5. The van der Waals surface area contributed by atoms with Gasteiger partial charge in [-0.15, -0.1) is 0 Å². The normalized spacial score (nSPS) is 21.5. The highest BCUT2D eigenvalue weighted by atomic mass is 19.4. The Morgan fingerprint density at radius 2 is 2.11 bits per heavy atom. The number of carboxylic acid groups (broad SMARTS) is 1. The van der Waals surface area contributed by atoms with Crippen molar-refractivity contribution in [3.63, 3.8) is 0 Å². The van der Waals surface area contributed by atoms with E-state index in [0.717, 1.165) is 19.6 Å². The third kappa shape index (κ3) is 7.29. The smallest absolute Gasteiger partial charge is 0.475 e. The Morgan fingerprint density at radius 3 is 2.50 bits per heavy atom. The Bertz CT molecular complexity index is 280. The van der Waals surface area contributed by atoms with E-state index in [1.54, 1.807) is 0 Å². The molecule has 1 heterocycles. The molecule has 4 nitrogen and oxygen atoms in total. The summed E-state index contributed by atoms with van der Waals surface area (Å²) in [7, 11) is 0. The quantitative estimate of drug-likeness (QED) is 0.745. The number of halogens is 3. The van der Waals surface area contributed by atoms with E-state index >= 15 is 0 Å². The number of rotatable bonds is 2. The first-order valence-electron chi connectivity index (χ1n) is 5.65. The van der Waals surface area contributed by atoms with Gasteiger partial charge in [0.2, 0.25) is 0 Å². The second-order valence-electron chi connectivity index (χ2n) is 3.92. The molecule has 0 aliphatic carbocycles. The number of hydrogen-bond acceptors (Lipinski definition) is 3. The molecule has 1 saturated heterocycles. The van der Waals surface area contributed by atoms with Crippen molar-refractivity contribution in [2.24, 2.45) is 0 Å². The van der Waals surface area contributed by atoms with Crippen LogP contribution in [-0.2, 0) is 4.79 Å². The van der Waals surface area contributed by atoms with E-state index in [-0.39, 0.29) is 0 Å². The minimum absolute atomic E-state index is 0.694. The van der Waals surface area contributed by atoms with Crippen LogP contribution in [0.1, 0.15) is 13.8 Å². The number of carbonyl (C=O) groups is 1. The molecule has 1 aliphatic heterocycles. The summed E-state index contributed by atoms with van der Waals surface area (Å²) in [5, 5.41) is 10.5. The molecule has 18 heavy (non-hydrogen) atoms. The lowest BCUT2D eigenvalue weighted by Gasteiger charge is -2.32. The number of alkyl halides is 3. The van der Waals surface area contributed by atoms with E-state index in [1.807, 2.05) is 0 Å². The van der Waals surface area contributed by atoms with Gasteiger partial charge < -0.3 is 10.4 Å². The second kappa shape index (κ2) is 8.10. The van der Waals surface area contributed by atoms with Crippen molar-refractivity contribution in [2.45, 2.75) is 26.1 Å². The summed E-state index contributed by atoms with van der Waals surface area (Å²) >= 11 is 0. The van der Waals surface area contributed by atoms with Gasteiger partial charge in [-0.3, -0.25) is 4.90 Å². The lowest BCUT2D eigenvalue weighted by molar-refractivity contribution is -0.192. The van der Waals surface area contributed by atoms with Crippen molar-refractivity contribution in [2.75, 3.05) is 26.2 Å². The summed E-state index contributed by atoms with van der Waals surface area (Å²) in [6, 6.07) is 0.694. The summed E-state index contributed by atoms with van der Waals surface area (Å²) in [5.74, 6) is -2.76. The Labute approximate surface area is 104 Å². The van der Waals surface area contributed by atoms with Crippen LogP contribution < -0.4 is 5.32 Å². The highest BCUT2D eigenvalue weighted by molar-refractivity contribution is 5.73. The van der Waals surface area contributed by atoms with Gasteiger partial charge in [-0.05, 0) is 13.8 Å². The molecule has 0 amide bonds. The predicted octanol–water partition coefficient (Wildman–Crippen LogP) is 1.49. The SMILES string of the molecule is CC=CCN1CCNC[C@H]1C.O=C(O)C(F)(F)F. The van der Waals surface area contributed by atoms with Crippen LogP contribution in [0.25, 0.3) is 0 Å². The Morgan fingerprint density at radius 1 is 1.56 bits per heavy atom. The number of piperazine rings is 1. The first-order chi connectivity index (χ1) is 8.29. The largest absolute Gasteiger partial charge is 0.490 e. The molecule has 0 unspecified atom stereocenters. The Kier molecular flexibility index (Phi) is 7.61. The van der Waals surface area contributed by atoms with Gasteiger partial charge in [-0.1, -0.05) is 12.2 Å². The van der Waals surface area contributed by atoms with E-state index in [1.165, 1.54) is 6.54 Å². The maximum Gasteiger partial charge on any atom is 0.490 e. The number of aliphatic carboxylic acids is 1. The molecule has 1 fully saturated rings. The lowest BCUT2D eigenvalue weighted by atomic mass is 10.2. The molecular formula is C11H19F3N2O2. The Balaban J connectivity index is 0.000000360. The van der Waals surface area contributed by atoms with Crippen molar-refractivity contribution in [1.29, 1.82) is 0 Å². The fourth-order valence-electron chi connectivity index (χ4n) is 1.40. The summed E-state index contributed by atoms with van der Waals surface area (Å²) in [5.41, 5.74) is 0. The first-order valence-corrected chi connectivity index (χ1v) is 5.65. The Hall–Kier alpha value is -1.08. The topological polar surface area (TPSA) is 52.6 Å². The van der Waals surface area contributed by atoms with E-state index in [0.29, 0.717) is 6.04 Å². The summed E-state index contributed by atoms with van der Waals surface area (Å²) < 4.78 is 31.7. The van der Waals surface area contributed by atoms with E-state index < -0.39 is 12.1 Å². The van der Waals surface area contributed by atoms with Crippen LogP contribution in [0.3, 0.4) is 0 Å². The van der Waals surface area contributed by atoms with Crippen LogP contribution in [0.4, 0.5) is 13.2 Å². The maximum atomic E-state index is 10.6. The molecular weight excluding hydrogens is 249 g/mol. The third-order valence-corrected chi connectivity index (χ3v) is 2.46. The van der Waals surface area contributed by atoms with Crippen LogP contribution >= 0.6 is 0 Å². The molecule has 1 rings (SSSR count). The molecule has 0 saturated carbocycles. The molecule has 0 aromatic carbocycles. The standard InChI is InChI=1S/C9H18N2.C2HF3O2/c1-3-4-6-11-7-5-10-8-9(11)2;3-2(4,5)1(6)7/h3-4,9-10H,5-8H2,1-2H3;(H,6,7)/t9-;/m1./s1. The van der Waals surface area contributed by atoms with Crippen molar-refractivity contribution < 1.29 is 23.1 Å². The molecule has 0 radical (unpaired) electrons. The average Bonchev–Trinajstić information content (AvgIpc) is 2.27. The molecule has 1 aliphatic rings. The van der Waals surface area contributed by atoms with E-state index in [9.17, 15) is 13.2 Å². The number of hydrogen-bond donors (Lipinski definition) is 2. The van der Waals surface area contributed by atoms with Crippen LogP contribution in [0.2, 0.25) is 0 Å². The lowest BCUT2D eigenvalue weighted by Crippen LogP contribution is -2.49.